The molecule has 10 atom stereocenters. The van der Waals surface area contributed by atoms with Gasteiger partial charge in [-0.15, -0.1) is 0 Å². The van der Waals surface area contributed by atoms with Crippen molar-refractivity contribution in [3.8, 4) is 17.2 Å². The van der Waals surface area contributed by atoms with Gasteiger partial charge < -0.3 is 70.8 Å². The van der Waals surface area contributed by atoms with Crippen molar-refractivity contribution in [2.24, 2.45) is 17.8 Å². The van der Waals surface area contributed by atoms with Crippen LogP contribution in [0.3, 0.4) is 0 Å². The lowest BCUT2D eigenvalue weighted by atomic mass is 9.72. The molecule has 2 aromatic rings. The third-order valence-electron chi connectivity index (χ3n) is 15.0. The predicted octanol–water partition coefficient (Wildman–Crippen LogP) is 1.22. The van der Waals surface area contributed by atoms with Crippen LogP contribution < -0.4 is 26.0 Å². The first-order valence-corrected chi connectivity index (χ1v) is 26.6. The number of nitrogens with zero attached hydrogens (tertiary/aromatic N) is 2. The van der Waals surface area contributed by atoms with Crippen LogP contribution in [0.2, 0.25) is 0 Å². The monoisotopic (exact) mass is 1090 g/mol. The number of amides is 6. The number of aliphatic hydroxyl groups is 3. The third kappa shape index (κ3) is 13.0. The van der Waals surface area contributed by atoms with Gasteiger partial charge in [0.2, 0.25) is 41.2 Å². The van der Waals surface area contributed by atoms with Crippen molar-refractivity contribution >= 4 is 52.8 Å². The summed E-state index contributed by atoms with van der Waals surface area (Å²) >= 11 is 0. The summed E-state index contributed by atoms with van der Waals surface area (Å²) in [6.07, 6.45) is -5.51. The number of aromatic hydroxyl groups is 2. The number of rotatable bonds is 21. The van der Waals surface area contributed by atoms with Crippen molar-refractivity contribution in [2.75, 3.05) is 33.9 Å². The van der Waals surface area contributed by atoms with Crippen LogP contribution in [-0.2, 0) is 49.5 Å². The third-order valence-corrected chi connectivity index (χ3v) is 15.0. The standard InChI is InChI=1S/C55H76N6O17/c1-25(2)17-33(58-53(73)35-14-12-16-61(35)29(8)63)51(71)56-23-40(65)60(9)36(19-27(5)6)54(74)59-34(18-26(3)4)52(72)57-32-20-41(77-28(7)46(32)66)78-38-22-55(75,39(64)24-62)21-31-43(38)50(70)45-44(48(31)68)47(67)30-13-11-15-37(76-10)42(30)49(45)69/h11,13,15,25-28,32-36,38,41,46,62,66,68,70,75H,12,14,16-24H2,1-10H3,(H,56,71)(H,57,72)(H,58,73)(H,59,74)/t28-,32-,33-,34-,35-,36-,38-,41-,46+,55-/m0/s1. The molecule has 2 heterocycles. The average molecular weight is 1090 g/mol. The number of likely N-dealkylation sites (N-methyl/N-ethyl adjacent to an activating group) is 1. The van der Waals surface area contributed by atoms with Crippen LogP contribution in [0.15, 0.2) is 18.2 Å². The molecule has 0 bridgehead atoms. The Hall–Kier alpha value is -6.53. The van der Waals surface area contributed by atoms with E-state index in [0.29, 0.717) is 19.4 Å². The second-order valence-corrected chi connectivity index (χ2v) is 22.2. The van der Waals surface area contributed by atoms with Crippen molar-refractivity contribution in [1.29, 1.82) is 0 Å². The zero-order valence-electron chi connectivity index (χ0n) is 46.0. The van der Waals surface area contributed by atoms with E-state index in [-0.39, 0.29) is 77.3 Å². The minimum atomic E-state index is -2.44. The maximum absolute atomic E-state index is 14.4. The molecule has 0 radical (unpaired) electrons. The van der Waals surface area contributed by atoms with E-state index < -0.39 is 156 Å². The molecule has 23 nitrogen and oxygen atoms in total. The van der Waals surface area contributed by atoms with Gasteiger partial charge in [0, 0.05) is 56.5 Å². The smallest absolute Gasteiger partial charge is 0.243 e. The summed E-state index contributed by atoms with van der Waals surface area (Å²) in [4.78, 5) is 125. The first-order valence-electron chi connectivity index (χ1n) is 26.6. The Morgan fingerprint density at radius 1 is 0.872 bits per heavy atom. The fourth-order valence-corrected chi connectivity index (χ4v) is 11.0. The van der Waals surface area contributed by atoms with Crippen molar-refractivity contribution in [1.82, 2.24) is 31.1 Å². The highest BCUT2D eigenvalue weighted by Crippen LogP contribution is 2.52. The van der Waals surface area contributed by atoms with Gasteiger partial charge in [0.25, 0.3) is 0 Å². The Labute approximate surface area is 453 Å². The van der Waals surface area contributed by atoms with Crippen LogP contribution in [0.5, 0.6) is 17.2 Å². The summed E-state index contributed by atoms with van der Waals surface area (Å²) in [5.74, 6) is -8.11. The van der Waals surface area contributed by atoms with E-state index in [1.54, 1.807) is 0 Å². The van der Waals surface area contributed by atoms with Gasteiger partial charge in [-0.25, -0.2) is 0 Å². The van der Waals surface area contributed by atoms with E-state index in [2.05, 4.69) is 21.3 Å². The SMILES string of the molecule is COc1cccc2c1C(=O)c1c(O)c3c(c(O)c1C2=O)C[C@@](O)(C(=O)CO)C[C@@H]3O[C@H]1C[C@H](NC(=O)[C@H](CC(C)C)NC(=O)[C@H](CC(C)C)N(C)C(=O)CNC(=O)[C@H](CC(C)C)NC(=O)[C@@H]2CCCN2C(C)=O)[C@H](O)[C@H](C)O1. The number of hydrogen-bond donors (Lipinski definition) is 9. The Morgan fingerprint density at radius 3 is 2.10 bits per heavy atom. The molecule has 0 unspecified atom stereocenters. The Bertz CT molecular complexity index is 2670. The van der Waals surface area contributed by atoms with Crippen LogP contribution in [-0.4, -0.2) is 176 Å². The van der Waals surface area contributed by atoms with E-state index in [0.717, 1.165) is 0 Å². The molecule has 2 aromatic carbocycles. The highest BCUT2D eigenvalue weighted by Gasteiger charge is 2.51. The molecular formula is C55H76N6O17. The lowest BCUT2D eigenvalue weighted by Gasteiger charge is -2.43. The van der Waals surface area contributed by atoms with Gasteiger partial charge in [-0.2, -0.15) is 0 Å². The number of likely N-dealkylation sites (tertiary alicyclic amines) is 1. The molecule has 23 heteroatoms. The predicted molar refractivity (Wildman–Crippen MR) is 278 cm³/mol. The highest BCUT2D eigenvalue weighted by molar-refractivity contribution is 6.31. The number of phenolic OH excluding ortho intramolecular Hbond substituents is 2. The molecule has 0 aromatic heterocycles. The zero-order chi connectivity index (χ0) is 57.8. The van der Waals surface area contributed by atoms with Crippen LogP contribution in [0.4, 0.5) is 0 Å². The van der Waals surface area contributed by atoms with Crippen LogP contribution in [0.25, 0.3) is 0 Å². The summed E-state index contributed by atoms with van der Waals surface area (Å²) in [7, 11) is 2.68. The molecule has 4 aliphatic rings. The number of benzene rings is 2. The second kappa shape index (κ2) is 25.1. The van der Waals surface area contributed by atoms with Gasteiger partial charge in [-0.05, 0) is 62.8 Å². The minimum Gasteiger partial charge on any atom is -0.507 e. The van der Waals surface area contributed by atoms with Gasteiger partial charge in [-0.1, -0.05) is 53.7 Å². The molecule has 2 aliphatic heterocycles. The zero-order valence-corrected chi connectivity index (χ0v) is 46.0. The lowest BCUT2D eigenvalue weighted by molar-refractivity contribution is -0.249. The van der Waals surface area contributed by atoms with Gasteiger partial charge in [0.15, 0.2) is 17.9 Å². The van der Waals surface area contributed by atoms with Crippen molar-refractivity contribution in [2.45, 2.75) is 167 Å². The van der Waals surface area contributed by atoms with Crippen molar-refractivity contribution in [3.63, 3.8) is 0 Å². The number of ether oxygens (including phenoxy) is 3. The highest BCUT2D eigenvalue weighted by atomic mass is 16.7. The fourth-order valence-electron chi connectivity index (χ4n) is 11.0. The maximum Gasteiger partial charge on any atom is 0.243 e. The number of fused-ring (bicyclic) bond motifs is 3. The molecule has 428 valence electrons. The van der Waals surface area contributed by atoms with E-state index in [1.165, 1.54) is 56.0 Å². The molecule has 9 N–H and O–H groups in total. The number of Topliss-reactive ketones (excluding diaryl/α,β-unsaturated/α-hetero) is 1. The largest absolute Gasteiger partial charge is 0.507 e. The van der Waals surface area contributed by atoms with E-state index in [1.807, 2.05) is 41.5 Å². The van der Waals surface area contributed by atoms with E-state index >= 15 is 0 Å². The number of nitrogens with one attached hydrogen (secondary N) is 4. The average Bonchev–Trinajstić information content (AvgIpc) is 4.04. The summed E-state index contributed by atoms with van der Waals surface area (Å²) < 4.78 is 17.7. The van der Waals surface area contributed by atoms with Crippen LogP contribution in [0.1, 0.15) is 149 Å². The second-order valence-electron chi connectivity index (χ2n) is 22.2. The molecule has 6 amide bonds. The summed E-state index contributed by atoms with van der Waals surface area (Å²) in [5.41, 5.74) is -4.47. The van der Waals surface area contributed by atoms with Gasteiger partial charge in [0.05, 0.1) is 48.6 Å². The summed E-state index contributed by atoms with van der Waals surface area (Å²) in [6, 6.07) is -0.992. The molecule has 2 fully saturated rings. The number of methoxy groups -OCH3 is 1. The van der Waals surface area contributed by atoms with Gasteiger partial charge >= 0.3 is 0 Å². The molecule has 0 spiro atoms. The van der Waals surface area contributed by atoms with Crippen LogP contribution in [0, 0.1) is 17.8 Å². The number of carbonyl (C=O) groups is 9. The topological polar surface area (TPSA) is 337 Å². The molecule has 2 aliphatic carbocycles. The summed E-state index contributed by atoms with van der Waals surface area (Å²) in [6.45, 7) is 12.7. The van der Waals surface area contributed by atoms with Crippen molar-refractivity contribution < 1.29 is 82.9 Å². The fraction of sp³-hybridized carbons (Fsp3) is 0.618. The first kappa shape index (κ1) is 60.7. The minimum absolute atomic E-state index is 0.0198. The number of hydrogen-bond acceptors (Lipinski definition) is 17. The maximum atomic E-state index is 14.4. The molecule has 78 heavy (non-hydrogen) atoms. The number of phenols is 2. The molecular weight excluding hydrogens is 1020 g/mol. The number of carbonyl (C=O) groups excluding carboxylic acids is 9. The van der Waals surface area contributed by atoms with Crippen LogP contribution >= 0.6 is 0 Å². The van der Waals surface area contributed by atoms with Gasteiger partial charge in [-0.3, -0.25) is 43.2 Å². The molecule has 0 saturated carbocycles. The quantitative estimate of drug-likeness (QED) is 0.0677. The Balaban J connectivity index is 1.19. The first-order chi connectivity index (χ1) is 36.6. The van der Waals surface area contributed by atoms with Crippen molar-refractivity contribution in [3.05, 3.63) is 51.6 Å². The van der Waals surface area contributed by atoms with E-state index in [4.69, 9.17) is 14.2 Å². The Morgan fingerprint density at radius 2 is 1.50 bits per heavy atom. The molecule has 2 saturated heterocycles. The Kier molecular flexibility index (Phi) is 19.5. The molecule has 6 rings (SSSR count). The van der Waals surface area contributed by atoms with Gasteiger partial charge in [0.1, 0.15) is 59.7 Å². The van der Waals surface area contributed by atoms with E-state index in [9.17, 15) is 68.7 Å². The number of aliphatic hydroxyl groups excluding tert-OH is 2. The number of ketones is 3. The normalized spacial score (nSPS) is 23.9. The summed E-state index contributed by atoms with van der Waals surface area (Å²) in [5, 5.41) is 67.9. The lowest BCUT2D eigenvalue weighted by Crippen LogP contribution is -2.60.